The van der Waals surface area contributed by atoms with Crippen LogP contribution in [0.15, 0.2) is 54.7 Å². The molecule has 122 valence electrons. The van der Waals surface area contributed by atoms with Crippen LogP contribution in [0.5, 0.6) is 5.75 Å². The van der Waals surface area contributed by atoms with Crippen LogP contribution in [0.1, 0.15) is 16.1 Å². The molecule has 0 bridgehead atoms. The molecular weight excluding hydrogens is 330 g/mol. The standard InChI is InChI=1S/C17H14ClN3O3/c1-23-16-8-6-15(7-9-16)21-10-14(19-20-21)11-24-17(22)12-2-4-13(18)5-3-12/h2-10H,11H2,1H3. The fourth-order valence-electron chi connectivity index (χ4n) is 2.03. The number of aromatic nitrogens is 3. The summed E-state index contributed by atoms with van der Waals surface area (Å²) < 4.78 is 11.9. The van der Waals surface area contributed by atoms with Gasteiger partial charge in [-0.25, -0.2) is 9.48 Å². The molecule has 0 atom stereocenters. The number of nitrogens with zero attached hydrogens (tertiary/aromatic N) is 3. The van der Waals surface area contributed by atoms with E-state index in [0.717, 1.165) is 11.4 Å². The maximum absolute atomic E-state index is 11.9. The van der Waals surface area contributed by atoms with E-state index in [1.165, 1.54) is 0 Å². The predicted octanol–water partition coefficient (Wildman–Crippen LogP) is 3.29. The van der Waals surface area contributed by atoms with Gasteiger partial charge < -0.3 is 9.47 Å². The first-order valence-corrected chi connectivity index (χ1v) is 7.52. The minimum atomic E-state index is -0.439. The zero-order valence-corrected chi connectivity index (χ0v) is 13.6. The smallest absolute Gasteiger partial charge is 0.338 e. The molecule has 0 saturated heterocycles. The third kappa shape index (κ3) is 3.72. The van der Waals surface area contributed by atoms with Gasteiger partial charge in [0, 0.05) is 5.02 Å². The van der Waals surface area contributed by atoms with Crippen LogP contribution in [0.25, 0.3) is 5.69 Å². The molecule has 0 fully saturated rings. The van der Waals surface area contributed by atoms with E-state index in [9.17, 15) is 4.79 Å². The van der Waals surface area contributed by atoms with Crippen LogP contribution in [0, 0.1) is 0 Å². The van der Waals surface area contributed by atoms with E-state index in [2.05, 4.69) is 10.3 Å². The number of carbonyl (C=O) groups excluding carboxylic acids is 1. The highest BCUT2D eigenvalue weighted by Gasteiger charge is 2.09. The number of hydrogen-bond acceptors (Lipinski definition) is 5. The Bertz CT molecular complexity index is 829. The fraction of sp³-hybridized carbons (Fsp3) is 0.118. The van der Waals surface area contributed by atoms with Crippen molar-refractivity contribution in [2.45, 2.75) is 6.61 Å². The highest BCUT2D eigenvalue weighted by atomic mass is 35.5. The van der Waals surface area contributed by atoms with Gasteiger partial charge in [0.25, 0.3) is 0 Å². The first kappa shape index (κ1) is 16.0. The largest absolute Gasteiger partial charge is 0.497 e. The molecule has 1 heterocycles. The van der Waals surface area contributed by atoms with E-state index in [0.29, 0.717) is 16.3 Å². The highest BCUT2D eigenvalue weighted by molar-refractivity contribution is 6.30. The van der Waals surface area contributed by atoms with Crippen LogP contribution in [0.3, 0.4) is 0 Å². The number of methoxy groups -OCH3 is 1. The lowest BCUT2D eigenvalue weighted by Gasteiger charge is -2.03. The molecule has 0 aliphatic heterocycles. The molecule has 0 radical (unpaired) electrons. The number of benzene rings is 2. The fourth-order valence-corrected chi connectivity index (χ4v) is 2.16. The van der Waals surface area contributed by atoms with Crippen molar-refractivity contribution >= 4 is 17.6 Å². The lowest BCUT2D eigenvalue weighted by atomic mass is 10.2. The van der Waals surface area contributed by atoms with Crippen LogP contribution >= 0.6 is 11.6 Å². The molecule has 24 heavy (non-hydrogen) atoms. The molecule has 1 aromatic heterocycles. The van der Waals surface area contributed by atoms with Crippen LogP contribution in [-0.2, 0) is 11.3 Å². The molecular formula is C17H14ClN3O3. The van der Waals surface area contributed by atoms with Gasteiger partial charge >= 0.3 is 5.97 Å². The van der Waals surface area contributed by atoms with Crippen LogP contribution in [-0.4, -0.2) is 28.1 Å². The molecule has 0 spiro atoms. The summed E-state index contributed by atoms with van der Waals surface area (Å²) in [5.41, 5.74) is 1.81. The number of ether oxygens (including phenoxy) is 2. The van der Waals surface area contributed by atoms with Gasteiger partial charge in [0.2, 0.25) is 0 Å². The average Bonchev–Trinajstić information content (AvgIpc) is 3.09. The summed E-state index contributed by atoms with van der Waals surface area (Å²) in [5.74, 6) is 0.321. The minimum Gasteiger partial charge on any atom is -0.497 e. The summed E-state index contributed by atoms with van der Waals surface area (Å²) in [4.78, 5) is 11.9. The van der Waals surface area contributed by atoms with E-state index < -0.39 is 5.97 Å². The molecule has 0 aliphatic rings. The van der Waals surface area contributed by atoms with Gasteiger partial charge in [0.1, 0.15) is 18.1 Å². The van der Waals surface area contributed by atoms with Crippen molar-refractivity contribution in [3.05, 3.63) is 71.0 Å². The van der Waals surface area contributed by atoms with Gasteiger partial charge in [-0.3, -0.25) is 0 Å². The third-order valence-electron chi connectivity index (χ3n) is 3.31. The monoisotopic (exact) mass is 343 g/mol. The van der Waals surface area contributed by atoms with Crippen molar-refractivity contribution in [2.75, 3.05) is 7.11 Å². The Balaban J connectivity index is 1.63. The van der Waals surface area contributed by atoms with E-state index in [1.54, 1.807) is 42.3 Å². The van der Waals surface area contributed by atoms with Gasteiger partial charge in [-0.05, 0) is 48.5 Å². The van der Waals surface area contributed by atoms with E-state index in [-0.39, 0.29) is 6.61 Å². The second-order valence-electron chi connectivity index (χ2n) is 4.94. The number of esters is 1. The minimum absolute atomic E-state index is 0.0393. The first-order chi connectivity index (χ1) is 11.7. The van der Waals surface area contributed by atoms with Gasteiger partial charge in [0.15, 0.2) is 0 Å². The summed E-state index contributed by atoms with van der Waals surface area (Å²) in [7, 11) is 1.61. The molecule has 0 amide bonds. The predicted molar refractivity (Wildman–Crippen MR) is 88.5 cm³/mol. The summed E-state index contributed by atoms with van der Waals surface area (Å²) in [6, 6.07) is 13.9. The first-order valence-electron chi connectivity index (χ1n) is 7.14. The number of rotatable bonds is 5. The van der Waals surface area contributed by atoms with Gasteiger partial charge in [-0.15, -0.1) is 5.10 Å². The normalized spacial score (nSPS) is 10.4. The van der Waals surface area contributed by atoms with Crippen LogP contribution in [0.4, 0.5) is 0 Å². The lowest BCUT2D eigenvalue weighted by molar-refractivity contribution is 0.0467. The molecule has 0 aliphatic carbocycles. The molecule has 0 N–H and O–H groups in total. The maximum Gasteiger partial charge on any atom is 0.338 e. The number of hydrogen-bond donors (Lipinski definition) is 0. The van der Waals surface area contributed by atoms with Crippen molar-refractivity contribution in [1.82, 2.24) is 15.0 Å². The Morgan fingerprint density at radius 3 is 2.50 bits per heavy atom. The van der Waals surface area contributed by atoms with Crippen molar-refractivity contribution in [2.24, 2.45) is 0 Å². The van der Waals surface area contributed by atoms with E-state index in [4.69, 9.17) is 21.1 Å². The SMILES string of the molecule is COc1ccc(-n2cc(COC(=O)c3ccc(Cl)cc3)nn2)cc1. The summed E-state index contributed by atoms with van der Waals surface area (Å²) in [6.07, 6.45) is 1.71. The van der Waals surface area contributed by atoms with E-state index >= 15 is 0 Å². The Hall–Kier alpha value is -2.86. The Kier molecular flexibility index (Phi) is 4.77. The molecule has 0 unspecified atom stereocenters. The van der Waals surface area contributed by atoms with Crippen molar-refractivity contribution in [1.29, 1.82) is 0 Å². The number of carbonyl (C=O) groups is 1. The second-order valence-corrected chi connectivity index (χ2v) is 5.37. The lowest BCUT2D eigenvalue weighted by Crippen LogP contribution is -2.05. The summed E-state index contributed by atoms with van der Waals surface area (Å²) in [6.45, 7) is 0.0393. The molecule has 7 heteroatoms. The average molecular weight is 344 g/mol. The number of halogens is 1. The Morgan fingerprint density at radius 1 is 1.12 bits per heavy atom. The van der Waals surface area contributed by atoms with E-state index in [1.807, 2.05) is 24.3 Å². The Morgan fingerprint density at radius 2 is 1.83 bits per heavy atom. The molecule has 0 saturated carbocycles. The topological polar surface area (TPSA) is 66.2 Å². The van der Waals surface area contributed by atoms with Crippen molar-refractivity contribution in [3.63, 3.8) is 0 Å². The third-order valence-corrected chi connectivity index (χ3v) is 3.56. The molecule has 3 rings (SSSR count). The summed E-state index contributed by atoms with van der Waals surface area (Å²) >= 11 is 5.79. The Labute approximate surface area is 143 Å². The van der Waals surface area contributed by atoms with Crippen LogP contribution in [0.2, 0.25) is 5.02 Å². The molecule has 3 aromatic rings. The van der Waals surface area contributed by atoms with Gasteiger partial charge in [-0.1, -0.05) is 16.8 Å². The van der Waals surface area contributed by atoms with Crippen molar-refractivity contribution in [3.8, 4) is 11.4 Å². The molecule has 6 nitrogen and oxygen atoms in total. The summed E-state index contributed by atoms with van der Waals surface area (Å²) in [5, 5.41) is 8.58. The highest BCUT2D eigenvalue weighted by Crippen LogP contribution is 2.15. The van der Waals surface area contributed by atoms with Gasteiger partial charge in [-0.2, -0.15) is 0 Å². The zero-order valence-electron chi connectivity index (χ0n) is 12.8. The zero-order chi connectivity index (χ0) is 16.9. The molecule has 2 aromatic carbocycles. The second kappa shape index (κ2) is 7.14. The van der Waals surface area contributed by atoms with Crippen molar-refractivity contribution < 1.29 is 14.3 Å². The maximum atomic E-state index is 11.9. The van der Waals surface area contributed by atoms with Gasteiger partial charge in [0.05, 0.1) is 24.6 Å². The van der Waals surface area contributed by atoms with Crippen LogP contribution < -0.4 is 4.74 Å². The quantitative estimate of drug-likeness (QED) is 0.665.